The minimum Gasteiger partial charge on any atom is -0.299 e. The minimum absolute atomic E-state index is 0.445. The van der Waals surface area contributed by atoms with Crippen molar-refractivity contribution in [3.8, 4) is 0 Å². The van der Waals surface area contributed by atoms with Gasteiger partial charge < -0.3 is 0 Å². The predicted molar refractivity (Wildman–Crippen MR) is 67.3 cm³/mol. The molecule has 0 spiro atoms. The van der Waals surface area contributed by atoms with Crippen LogP contribution in [0.5, 0.6) is 0 Å². The van der Waals surface area contributed by atoms with Gasteiger partial charge in [-0.1, -0.05) is 39.0 Å². The molecule has 2 rings (SSSR count). The second kappa shape index (κ2) is 5.84. The number of rotatable bonds is 2. The molecule has 92 valence electrons. The van der Waals surface area contributed by atoms with E-state index in [1.807, 2.05) is 0 Å². The Morgan fingerprint density at radius 3 is 2.44 bits per heavy atom. The van der Waals surface area contributed by atoms with Gasteiger partial charge in [-0.15, -0.1) is 0 Å². The SMILES string of the molecule is CCC1CCC(C2CCCCCC2=O)CC1. The van der Waals surface area contributed by atoms with Crippen molar-refractivity contribution in [1.82, 2.24) is 0 Å². The molecule has 0 N–H and O–H groups in total. The lowest BCUT2D eigenvalue weighted by Gasteiger charge is -2.32. The fraction of sp³-hybridized carbons (Fsp3) is 0.933. The Morgan fingerprint density at radius 1 is 1.00 bits per heavy atom. The molecule has 0 aromatic rings. The molecule has 0 aromatic carbocycles. The Labute approximate surface area is 100.0 Å². The number of hydrogen-bond donors (Lipinski definition) is 0. The molecule has 0 aliphatic heterocycles. The van der Waals surface area contributed by atoms with E-state index in [-0.39, 0.29) is 0 Å². The molecule has 16 heavy (non-hydrogen) atoms. The normalized spacial score (nSPS) is 37.1. The van der Waals surface area contributed by atoms with Gasteiger partial charge in [0.1, 0.15) is 5.78 Å². The Balaban J connectivity index is 1.89. The van der Waals surface area contributed by atoms with Gasteiger partial charge in [-0.2, -0.15) is 0 Å². The lowest BCUT2D eigenvalue weighted by atomic mass is 9.72. The largest absolute Gasteiger partial charge is 0.299 e. The van der Waals surface area contributed by atoms with Crippen molar-refractivity contribution in [3.63, 3.8) is 0 Å². The van der Waals surface area contributed by atoms with Gasteiger partial charge >= 0.3 is 0 Å². The van der Waals surface area contributed by atoms with Crippen LogP contribution in [0.1, 0.15) is 71.1 Å². The number of hydrogen-bond acceptors (Lipinski definition) is 1. The summed E-state index contributed by atoms with van der Waals surface area (Å²) in [5.41, 5.74) is 0. The molecule has 0 saturated heterocycles. The Kier molecular flexibility index (Phi) is 4.43. The zero-order chi connectivity index (χ0) is 11.4. The topological polar surface area (TPSA) is 17.1 Å². The van der Waals surface area contributed by atoms with Gasteiger partial charge in [0.05, 0.1) is 0 Å². The van der Waals surface area contributed by atoms with Crippen LogP contribution in [0.25, 0.3) is 0 Å². The maximum absolute atomic E-state index is 12.1. The summed E-state index contributed by atoms with van der Waals surface area (Å²) in [5.74, 6) is 2.74. The third-order valence-corrected chi connectivity index (χ3v) is 4.89. The van der Waals surface area contributed by atoms with E-state index in [0.29, 0.717) is 11.7 Å². The molecule has 0 aromatic heterocycles. The molecular weight excluding hydrogens is 196 g/mol. The van der Waals surface area contributed by atoms with Crippen LogP contribution in [0.15, 0.2) is 0 Å². The zero-order valence-electron chi connectivity index (χ0n) is 10.7. The van der Waals surface area contributed by atoms with Crippen molar-refractivity contribution < 1.29 is 4.79 Å². The minimum atomic E-state index is 0.445. The molecule has 2 fully saturated rings. The molecule has 0 radical (unpaired) electrons. The molecule has 1 atom stereocenters. The summed E-state index contributed by atoms with van der Waals surface area (Å²) in [5, 5.41) is 0. The summed E-state index contributed by atoms with van der Waals surface area (Å²) < 4.78 is 0. The van der Waals surface area contributed by atoms with Gasteiger partial charge in [-0.25, -0.2) is 0 Å². The van der Waals surface area contributed by atoms with Crippen molar-refractivity contribution >= 4 is 5.78 Å². The van der Waals surface area contributed by atoms with Gasteiger partial charge in [0.25, 0.3) is 0 Å². The predicted octanol–water partition coefficient (Wildman–Crippen LogP) is 4.35. The summed E-state index contributed by atoms with van der Waals surface area (Å²) >= 11 is 0. The summed E-state index contributed by atoms with van der Waals surface area (Å²) in [7, 11) is 0. The van der Waals surface area contributed by atoms with Crippen molar-refractivity contribution in [2.45, 2.75) is 71.1 Å². The molecule has 2 aliphatic carbocycles. The fourth-order valence-electron chi connectivity index (χ4n) is 3.68. The van der Waals surface area contributed by atoms with E-state index >= 15 is 0 Å². The van der Waals surface area contributed by atoms with Crippen molar-refractivity contribution in [3.05, 3.63) is 0 Å². The average molecular weight is 222 g/mol. The van der Waals surface area contributed by atoms with Crippen LogP contribution < -0.4 is 0 Å². The maximum Gasteiger partial charge on any atom is 0.136 e. The second-order valence-corrected chi connectivity index (χ2v) is 5.86. The Hall–Kier alpha value is -0.330. The van der Waals surface area contributed by atoms with E-state index in [9.17, 15) is 4.79 Å². The highest BCUT2D eigenvalue weighted by atomic mass is 16.1. The van der Waals surface area contributed by atoms with E-state index in [4.69, 9.17) is 0 Å². The maximum atomic E-state index is 12.1. The van der Waals surface area contributed by atoms with Gasteiger partial charge in [0.15, 0.2) is 0 Å². The first kappa shape index (κ1) is 12.1. The first-order valence-corrected chi connectivity index (χ1v) is 7.34. The second-order valence-electron chi connectivity index (χ2n) is 5.86. The van der Waals surface area contributed by atoms with E-state index in [2.05, 4.69) is 6.92 Å². The standard InChI is InChI=1S/C15H26O/c1-2-12-8-10-13(11-9-12)14-6-4-3-5-7-15(14)16/h12-14H,2-11H2,1H3. The van der Waals surface area contributed by atoms with Crippen molar-refractivity contribution in [2.75, 3.05) is 0 Å². The molecular formula is C15H26O. The number of carbonyl (C=O) groups is 1. The molecule has 2 saturated carbocycles. The first-order valence-electron chi connectivity index (χ1n) is 7.34. The molecule has 1 unspecified atom stereocenters. The summed E-state index contributed by atoms with van der Waals surface area (Å²) in [6.45, 7) is 2.31. The average Bonchev–Trinajstić information content (AvgIpc) is 2.54. The number of Topliss-reactive ketones (excluding diaryl/α,β-unsaturated/α-hetero) is 1. The smallest absolute Gasteiger partial charge is 0.136 e. The first-order chi connectivity index (χ1) is 7.81. The molecule has 1 heteroatoms. The quantitative estimate of drug-likeness (QED) is 0.635. The zero-order valence-corrected chi connectivity index (χ0v) is 10.7. The van der Waals surface area contributed by atoms with Gasteiger partial charge in [-0.3, -0.25) is 4.79 Å². The van der Waals surface area contributed by atoms with Crippen LogP contribution in [0.4, 0.5) is 0 Å². The molecule has 1 nitrogen and oxygen atoms in total. The van der Waals surface area contributed by atoms with Gasteiger partial charge in [0.2, 0.25) is 0 Å². The molecule has 0 amide bonds. The van der Waals surface area contributed by atoms with Crippen LogP contribution in [0, 0.1) is 17.8 Å². The number of carbonyl (C=O) groups excluding carboxylic acids is 1. The van der Waals surface area contributed by atoms with Crippen LogP contribution in [-0.2, 0) is 4.79 Å². The van der Waals surface area contributed by atoms with Crippen LogP contribution in [-0.4, -0.2) is 5.78 Å². The van der Waals surface area contributed by atoms with Crippen LogP contribution >= 0.6 is 0 Å². The fourth-order valence-corrected chi connectivity index (χ4v) is 3.68. The Morgan fingerprint density at radius 2 is 1.75 bits per heavy atom. The van der Waals surface area contributed by atoms with E-state index in [0.717, 1.165) is 24.7 Å². The summed E-state index contributed by atoms with van der Waals surface area (Å²) in [6.07, 6.45) is 12.6. The highest BCUT2D eigenvalue weighted by Crippen LogP contribution is 2.38. The van der Waals surface area contributed by atoms with Gasteiger partial charge in [-0.05, 0) is 37.5 Å². The lowest BCUT2D eigenvalue weighted by molar-refractivity contribution is -0.124. The van der Waals surface area contributed by atoms with E-state index < -0.39 is 0 Å². The number of ketones is 1. The monoisotopic (exact) mass is 222 g/mol. The highest BCUT2D eigenvalue weighted by molar-refractivity contribution is 5.81. The Bertz CT molecular complexity index is 226. The molecule has 0 bridgehead atoms. The van der Waals surface area contributed by atoms with Gasteiger partial charge in [0, 0.05) is 12.3 Å². The summed E-state index contributed by atoms with van der Waals surface area (Å²) in [6, 6.07) is 0. The van der Waals surface area contributed by atoms with Crippen molar-refractivity contribution in [1.29, 1.82) is 0 Å². The third kappa shape index (κ3) is 2.87. The highest BCUT2D eigenvalue weighted by Gasteiger charge is 2.31. The van der Waals surface area contributed by atoms with E-state index in [1.165, 1.54) is 51.4 Å². The van der Waals surface area contributed by atoms with Crippen molar-refractivity contribution in [2.24, 2.45) is 17.8 Å². The van der Waals surface area contributed by atoms with E-state index in [1.54, 1.807) is 0 Å². The molecule has 2 aliphatic rings. The molecule has 0 heterocycles. The van der Waals surface area contributed by atoms with Crippen LogP contribution in [0.3, 0.4) is 0 Å². The third-order valence-electron chi connectivity index (χ3n) is 4.89. The summed E-state index contributed by atoms with van der Waals surface area (Å²) in [4.78, 5) is 12.1. The lowest BCUT2D eigenvalue weighted by Crippen LogP contribution is -2.26. The van der Waals surface area contributed by atoms with Crippen LogP contribution in [0.2, 0.25) is 0 Å².